The summed E-state index contributed by atoms with van der Waals surface area (Å²) in [5.74, 6) is -1.15. The van der Waals surface area contributed by atoms with Crippen LogP contribution in [-0.2, 0) is 25.8 Å². The third-order valence-corrected chi connectivity index (χ3v) is 6.29. The number of hydrogen-bond acceptors (Lipinski definition) is 5. The summed E-state index contributed by atoms with van der Waals surface area (Å²) in [6.07, 6.45) is 2.88. The molecule has 0 amide bonds. The lowest BCUT2D eigenvalue weighted by Gasteiger charge is -2.10. The van der Waals surface area contributed by atoms with Gasteiger partial charge in [0, 0.05) is 17.4 Å². The normalized spacial score (nSPS) is 11.8. The number of nitrogens with zero attached hydrogens (tertiary/aromatic N) is 1. The van der Waals surface area contributed by atoms with Gasteiger partial charge in [0.1, 0.15) is 5.82 Å². The molecular weight excluding hydrogens is 405 g/mol. The van der Waals surface area contributed by atoms with Gasteiger partial charge in [-0.25, -0.2) is 21.2 Å². The third kappa shape index (κ3) is 5.05. The van der Waals surface area contributed by atoms with Crippen molar-refractivity contribution < 1.29 is 21.2 Å². The molecule has 0 unspecified atom stereocenters. The quantitative estimate of drug-likeness (QED) is 0.610. The maximum absolute atomic E-state index is 13.7. The Balaban J connectivity index is 1.73. The average Bonchev–Trinajstić information content (AvgIpc) is 2.64. The summed E-state index contributed by atoms with van der Waals surface area (Å²) in [5.41, 5.74) is 0.503. The number of sulfonamides is 2. The van der Waals surface area contributed by atoms with Crippen LogP contribution in [-0.4, -0.2) is 21.8 Å². The van der Waals surface area contributed by atoms with Gasteiger partial charge in [0.2, 0.25) is 10.0 Å². The van der Waals surface area contributed by atoms with Gasteiger partial charge in [-0.05, 0) is 42.5 Å². The molecule has 1 aromatic heterocycles. The van der Waals surface area contributed by atoms with Crippen molar-refractivity contribution in [3.63, 3.8) is 0 Å². The van der Waals surface area contributed by atoms with E-state index in [9.17, 15) is 21.2 Å². The van der Waals surface area contributed by atoms with Crippen molar-refractivity contribution in [1.82, 2.24) is 4.98 Å². The first-order valence-electron chi connectivity index (χ1n) is 8.02. The maximum Gasteiger partial charge on any atom is 0.261 e. The molecule has 0 spiro atoms. The van der Waals surface area contributed by atoms with Crippen LogP contribution < -0.4 is 9.44 Å². The van der Waals surface area contributed by atoms with Gasteiger partial charge >= 0.3 is 0 Å². The van der Waals surface area contributed by atoms with Crippen LogP contribution in [0.1, 0.15) is 5.56 Å². The summed E-state index contributed by atoms with van der Waals surface area (Å²) < 4.78 is 67.5. The topological polar surface area (TPSA) is 105 Å². The minimum atomic E-state index is -3.87. The number of benzene rings is 2. The standard InChI is InChI=1S/C18H16FN3O4S2/c19-18-6-2-1-4-14(18)13-27(23,24)21-15-7-9-17(10-8-15)28(25,26)22-16-5-3-11-20-12-16/h1-12,21-22H,13H2. The van der Waals surface area contributed by atoms with Gasteiger partial charge in [-0.2, -0.15) is 0 Å². The Bertz CT molecular complexity index is 1170. The van der Waals surface area contributed by atoms with E-state index in [1.807, 2.05) is 0 Å². The molecule has 0 radical (unpaired) electrons. The van der Waals surface area contributed by atoms with Crippen molar-refractivity contribution in [3.8, 4) is 0 Å². The zero-order chi connectivity index (χ0) is 20.2. The second kappa shape index (κ2) is 7.95. The minimum Gasteiger partial charge on any atom is -0.283 e. The highest BCUT2D eigenvalue weighted by Gasteiger charge is 2.17. The van der Waals surface area contributed by atoms with Crippen LogP contribution in [0, 0.1) is 5.82 Å². The van der Waals surface area contributed by atoms with E-state index in [-0.39, 0.29) is 16.1 Å². The molecule has 0 aliphatic rings. The summed E-state index contributed by atoms with van der Waals surface area (Å²) in [6, 6.07) is 13.9. The van der Waals surface area contributed by atoms with Gasteiger partial charge in [0.15, 0.2) is 0 Å². The number of aromatic nitrogens is 1. The highest BCUT2D eigenvalue weighted by Crippen LogP contribution is 2.19. The summed E-state index contributed by atoms with van der Waals surface area (Å²) in [5, 5.41) is 0. The van der Waals surface area contributed by atoms with Gasteiger partial charge in [-0.3, -0.25) is 14.4 Å². The van der Waals surface area contributed by atoms with Gasteiger partial charge in [-0.15, -0.1) is 0 Å². The van der Waals surface area contributed by atoms with Crippen LogP contribution in [0.2, 0.25) is 0 Å². The summed E-state index contributed by atoms with van der Waals surface area (Å²) in [6.45, 7) is 0. The van der Waals surface area contributed by atoms with Crippen LogP contribution in [0.15, 0.2) is 78.0 Å². The second-order valence-electron chi connectivity index (χ2n) is 5.82. The average molecular weight is 421 g/mol. The molecule has 3 rings (SSSR count). The van der Waals surface area contributed by atoms with E-state index in [4.69, 9.17) is 0 Å². The Labute approximate surface area is 162 Å². The van der Waals surface area contributed by atoms with Crippen molar-refractivity contribution in [2.24, 2.45) is 0 Å². The summed E-state index contributed by atoms with van der Waals surface area (Å²) >= 11 is 0. The molecule has 3 aromatic rings. The lowest BCUT2D eigenvalue weighted by molar-refractivity contribution is 0.591. The molecule has 1 heterocycles. The fourth-order valence-electron chi connectivity index (χ4n) is 2.38. The highest BCUT2D eigenvalue weighted by molar-refractivity contribution is 7.92. The van der Waals surface area contributed by atoms with Crippen molar-refractivity contribution in [1.29, 1.82) is 0 Å². The number of halogens is 1. The van der Waals surface area contributed by atoms with Gasteiger partial charge in [0.05, 0.1) is 22.5 Å². The molecule has 2 aromatic carbocycles. The number of hydrogen-bond donors (Lipinski definition) is 2. The van der Waals surface area contributed by atoms with E-state index in [0.29, 0.717) is 5.69 Å². The first kappa shape index (κ1) is 19.8. The predicted molar refractivity (Wildman–Crippen MR) is 104 cm³/mol. The molecule has 28 heavy (non-hydrogen) atoms. The molecule has 2 N–H and O–H groups in total. The first-order valence-corrected chi connectivity index (χ1v) is 11.2. The molecule has 0 atom stereocenters. The zero-order valence-electron chi connectivity index (χ0n) is 14.4. The lowest BCUT2D eigenvalue weighted by atomic mass is 10.2. The molecule has 0 saturated heterocycles. The minimum absolute atomic E-state index is 0.0369. The van der Waals surface area contributed by atoms with Crippen LogP contribution in [0.3, 0.4) is 0 Å². The highest BCUT2D eigenvalue weighted by atomic mass is 32.2. The van der Waals surface area contributed by atoms with Gasteiger partial charge < -0.3 is 0 Å². The molecule has 146 valence electrons. The number of anilines is 2. The van der Waals surface area contributed by atoms with Crippen LogP contribution in [0.4, 0.5) is 15.8 Å². The molecule has 0 fully saturated rings. The second-order valence-corrected chi connectivity index (χ2v) is 9.23. The van der Waals surface area contributed by atoms with Crippen molar-refractivity contribution >= 4 is 31.4 Å². The van der Waals surface area contributed by atoms with E-state index in [1.54, 1.807) is 18.2 Å². The van der Waals surface area contributed by atoms with E-state index < -0.39 is 31.6 Å². The van der Waals surface area contributed by atoms with Crippen LogP contribution in [0.25, 0.3) is 0 Å². The number of rotatable bonds is 7. The number of nitrogens with one attached hydrogen (secondary N) is 2. The molecule has 7 nitrogen and oxygen atoms in total. The molecule has 10 heteroatoms. The SMILES string of the molecule is O=S(=O)(Cc1ccccc1F)Nc1ccc(S(=O)(=O)Nc2cccnc2)cc1. The van der Waals surface area contributed by atoms with Gasteiger partial charge in [-0.1, -0.05) is 18.2 Å². The lowest BCUT2D eigenvalue weighted by Crippen LogP contribution is -2.16. The Morgan fingerprint density at radius 3 is 2.18 bits per heavy atom. The Kier molecular flexibility index (Phi) is 5.61. The first-order chi connectivity index (χ1) is 13.3. The smallest absolute Gasteiger partial charge is 0.261 e. The van der Waals surface area contributed by atoms with E-state index in [1.165, 1.54) is 54.9 Å². The fraction of sp³-hybridized carbons (Fsp3) is 0.0556. The largest absolute Gasteiger partial charge is 0.283 e. The third-order valence-electron chi connectivity index (χ3n) is 3.66. The van der Waals surface area contributed by atoms with Crippen molar-refractivity contribution in [3.05, 3.63) is 84.4 Å². The predicted octanol–water partition coefficient (Wildman–Crippen LogP) is 2.96. The van der Waals surface area contributed by atoms with Crippen molar-refractivity contribution in [2.75, 3.05) is 9.44 Å². The maximum atomic E-state index is 13.7. The molecule has 0 aliphatic heterocycles. The molecule has 0 bridgehead atoms. The van der Waals surface area contributed by atoms with E-state index in [2.05, 4.69) is 14.4 Å². The van der Waals surface area contributed by atoms with E-state index in [0.717, 1.165) is 0 Å². The fourth-order valence-corrected chi connectivity index (χ4v) is 4.63. The van der Waals surface area contributed by atoms with E-state index >= 15 is 0 Å². The molecule has 0 aliphatic carbocycles. The van der Waals surface area contributed by atoms with Crippen LogP contribution in [0.5, 0.6) is 0 Å². The molecule has 0 saturated carbocycles. The Morgan fingerprint density at radius 2 is 1.54 bits per heavy atom. The van der Waals surface area contributed by atoms with Crippen LogP contribution >= 0.6 is 0 Å². The molecular formula is C18H16FN3O4S2. The monoisotopic (exact) mass is 421 g/mol. The van der Waals surface area contributed by atoms with Crippen molar-refractivity contribution in [2.45, 2.75) is 10.6 Å². The van der Waals surface area contributed by atoms with Gasteiger partial charge in [0.25, 0.3) is 10.0 Å². The number of pyridine rings is 1. The summed E-state index contributed by atoms with van der Waals surface area (Å²) in [4.78, 5) is 3.78. The zero-order valence-corrected chi connectivity index (χ0v) is 16.0. The Hall–Kier alpha value is -2.98. The summed E-state index contributed by atoms with van der Waals surface area (Å²) in [7, 11) is -7.72. The Morgan fingerprint density at radius 1 is 0.821 bits per heavy atom.